The minimum Gasteiger partial charge on any atom is -0.476 e. The molecule has 16 heteroatoms. The third-order valence-corrected chi connectivity index (χ3v) is 8.88. The van der Waals surface area contributed by atoms with Crippen LogP contribution < -0.4 is 14.8 Å². The van der Waals surface area contributed by atoms with Crippen LogP contribution in [0.15, 0.2) is 47.6 Å². The average molecular weight is 726 g/mol. The molecule has 0 spiro atoms. The SMILES string of the molecule is CC(C)(C)OC(=O)N1CC(CCCNc2cccc(SNC(=O)c3ccc(-n4ccc(OCC(C)(C)C(F)(F)F)n4)nc3Cl)n2)CC1(C)C. The quantitative estimate of drug-likeness (QED) is 0.109. The molecule has 0 aromatic carbocycles. The first-order valence-electron chi connectivity index (χ1n) is 15.8. The van der Waals surface area contributed by atoms with E-state index >= 15 is 0 Å². The highest BCUT2D eigenvalue weighted by molar-refractivity contribution is 7.97. The average Bonchev–Trinajstić information content (AvgIpc) is 3.59. The number of likely N-dealkylation sites (tertiary alicyclic amines) is 1. The number of aromatic nitrogens is 4. The molecular formula is C33H43ClF3N7O4S. The van der Waals surface area contributed by atoms with Gasteiger partial charge in [0.25, 0.3) is 5.91 Å². The van der Waals surface area contributed by atoms with Crippen LogP contribution in [0.5, 0.6) is 5.88 Å². The van der Waals surface area contributed by atoms with Crippen molar-refractivity contribution in [3.8, 4) is 11.7 Å². The molecule has 4 rings (SSSR count). The van der Waals surface area contributed by atoms with Crippen molar-refractivity contribution >= 4 is 41.4 Å². The van der Waals surface area contributed by atoms with Gasteiger partial charge in [-0.15, -0.1) is 5.10 Å². The maximum absolute atomic E-state index is 13.1. The Morgan fingerprint density at radius 3 is 2.49 bits per heavy atom. The first-order valence-corrected chi connectivity index (χ1v) is 17.0. The zero-order valence-electron chi connectivity index (χ0n) is 28.7. The fourth-order valence-corrected chi connectivity index (χ4v) is 5.95. The van der Waals surface area contributed by atoms with E-state index in [4.69, 9.17) is 21.1 Å². The van der Waals surface area contributed by atoms with Gasteiger partial charge in [0.2, 0.25) is 5.88 Å². The summed E-state index contributed by atoms with van der Waals surface area (Å²) in [7, 11) is 0. The number of alkyl halides is 3. The van der Waals surface area contributed by atoms with Crippen LogP contribution in [-0.2, 0) is 4.74 Å². The molecule has 0 radical (unpaired) electrons. The van der Waals surface area contributed by atoms with E-state index in [9.17, 15) is 22.8 Å². The van der Waals surface area contributed by atoms with Gasteiger partial charge in [0, 0.05) is 42.8 Å². The van der Waals surface area contributed by atoms with E-state index in [1.165, 1.54) is 29.1 Å². The first-order chi connectivity index (χ1) is 22.7. The van der Waals surface area contributed by atoms with Gasteiger partial charge in [-0.05, 0) is 97.9 Å². The molecule has 49 heavy (non-hydrogen) atoms. The summed E-state index contributed by atoms with van der Waals surface area (Å²) in [6.07, 6.45) is -0.492. The molecule has 1 aliphatic rings. The van der Waals surface area contributed by atoms with Crippen LogP contribution >= 0.6 is 23.5 Å². The molecule has 3 aromatic rings. The van der Waals surface area contributed by atoms with Crippen molar-refractivity contribution in [2.24, 2.45) is 11.3 Å². The van der Waals surface area contributed by atoms with Gasteiger partial charge >= 0.3 is 12.3 Å². The smallest absolute Gasteiger partial charge is 0.410 e. The molecule has 1 unspecified atom stereocenters. The van der Waals surface area contributed by atoms with Gasteiger partial charge in [0.1, 0.15) is 28.2 Å². The van der Waals surface area contributed by atoms with Crippen LogP contribution in [0.25, 0.3) is 5.82 Å². The molecule has 1 fully saturated rings. The van der Waals surface area contributed by atoms with E-state index in [-0.39, 0.29) is 34.0 Å². The van der Waals surface area contributed by atoms with Gasteiger partial charge in [-0.3, -0.25) is 9.52 Å². The Kier molecular flexibility index (Phi) is 11.7. The van der Waals surface area contributed by atoms with Crippen LogP contribution in [0.3, 0.4) is 0 Å². The number of pyridine rings is 2. The van der Waals surface area contributed by atoms with Crippen LogP contribution in [0, 0.1) is 11.3 Å². The van der Waals surface area contributed by atoms with Crippen molar-refractivity contribution in [1.82, 2.24) is 29.4 Å². The number of nitrogens with zero attached hydrogens (tertiary/aromatic N) is 5. The van der Waals surface area contributed by atoms with E-state index in [2.05, 4.69) is 39.0 Å². The number of carbonyl (C=O) groups is 2. The van der Waals surface area contributed by atoms with Gasteiger partial charge in [0.15, 0.2) is 5.82 Å². The van der Waals surface area contributed by atoms with Gasteiger partial charge in [-0.2, -0.15) is 13.2 Å². The fourth-order valence-electron chi connectivity index (χ4n) is 5.12. The Balaban J connectivity index is 1.24. The predicted octanol–water partition coefficient (Wildman–Crippen LogP) is 7.95. The lowest BCUT2D eigenvalue weighted by atomic mass is 9.93. The Hall–Kier alpha value is -3.72. The van der Waals surface area contributed by atoms with Gasteiger partial charge in [-0.1, -0.05) is 17.7 Å². The second-order valence-electron chi connectivity index (χ2n) is 14.2. The third-order valence-electron chi connectivity index (χ3n) is 7.87. The number of hydrogen-bond acceptors (Lipinski definition) is 9. The molecule has 0 saturated carbocycles. The number of nitrogens with one attached hydrogen (secondary N) is 2. The lowest BCUT2D eigenvalue weighted by Crippen LogP contribution is -2.45. The molecule has 0 bridgehead atoms. The van der Waals surface area contributed by atoms with E-state index in [1.54, 1.807) is 6.07 Å². The number of rotatable bonds is 12. The van der Waals surface area contributed by atoms with Gasteiger partial charge in [-0.25, -0.2) is 19.4 Å². The molecule has 2 N–H and O–H groups in total. The lowest BCUT2D eigenvalue weighted by Gasteiger charge is -2.33. The zero-order chi connectivity index (χ0) is 36.2. The predicted molar refractivity (Wildman–Crippen MR) is 182 cm³/mol. The van der Waals surface area contributed by atoms with Crippen molar-refractivity contribution in [2.45, 2.75) is 90.1 Å². The summed E-state index contributed by atoms with van der Waals surface area (Å²) in [4.78, 5) is 36.2. The third kappa shape index (κ3) is 10.4. The van der Waals surface area contributed by atoms with Gasteiger partial charge < -0.3 is 19.7 Å². The summed E-state index contributed by atoms with van der Waals surface area (Å²) < 4.78 is 54.2. The minimum absolute atomic E-state index is 0.0119. The monoisotopic (exact) mass is 725 g/mol. The highest BCUT2D eigenvalue weighted by Crippen LogP contribution is 2.38. The molecule has 1 atom stereocenters. The topological polar surface area (TPSA) is 124 Å². The van der Waals surface area contributed by atoms with Crippen molar-refractivity contribution in [3.63, 3.8) is 0 Å². The van der Waals surface area contributed by atoms with Crippen molar-refractivity contribution < 1.29 is 32.2 Å². The fraction of sp³-hybridized carbons (Fsp3) is 0.545. The molecule has 1 aliphatic heterocycles. The molecule has 4 heterocycles. The first kappa shape index (κ1) is 38.1. The zero-order valence-corrected chi connectivity index (χ0v) is 30.2. The van der Waals surface area contributed by atoms with Crippen LogP contribution in [0.2, 0.25) is 5.15 Å². The molecular weight excluding hydrogens is 683 g/mol. The summed E-state index contributed by atoms with van der Waals surface area (Å²) in [5.41, 5.74) is -2.74. The summed E-state index contributed by atoms with van der Waals surface area (Å²) >= 11 is 7.34. The molecule has 0 aliphatic carbocycles. The van der Waals surface area contributed by atoms with E-state index in [0.717, 1.165) is 45.1 Å². The van der Waals surface area contributed by atoms with E-state index < -0.39 is 29.7 Å². The van der Waals surface area contributed by atoms with Crippen LogP contribution in [0.1, 0.15) is 78.1 Å². The molecule has 3 aromatic heterocycles. The van der Waals surface area contributed by atoms with Crippen molar-refractivity contribution in [1.29, 1.82) is 0 Å². The van der Waals surface area contributed by atoms with Gasteiger partial charge in [0.05, 0.1) is 11.0 Å². The Bertz CT molecular complexity index is 1630. The van der Waals surface area contributed by atoms with Crippen molar-refractivity contribution in [2.75, 3.05) is 25.0 Å². The highest BCUT2D eigenvalue weighted by atomic mass is 35.5. The maximum atomic E-state index is 13.1. The maximum Gasteiger partial charge on any atom is 0.410 e. The van der Waals surface area contributed by atoms with E-state index in [1.807, 2.05) is 37.8 Å². The number of hydrogen-bond donors (Lipinski definition) is 2. The van der Waals surface area contributed by atoms with Crippen LogP contribution in [0.4, 0.5) is 23.8 Å². The Morgan fingerprint density at radius 2 is 1.82 bits per heavy atom. The van der Waals surface area contributed by atoms with Crippen LogP contribution in [-0.4, -0.2) is 73.7 Å². The number of anilines is 1. The lowest BCUT2D eigenvalue weighted by molar-refractivity contribution is -0.219. The Morgan fingerprint density at radius 1 is 1.08 bits per heavy atom. The largest absolute Gasteiger partial charge is 0.476 e. The minimum atomic E-state index is -4.43. The normalized spacial score (nSPS) is 16.4. The standard InChI is InChI=1S/C33H43ClF3N7O4S/c1-30(2,3)48-29(46)43-19-21(18-32(43,6)7)10-9-16-38-23-11-8-12-26(39-23)49-42-28(45)22-13-14-24(40-27(22)34)44-17-15-25(41-44)47-20-31(4,5)33(35,36)37/h8,11-15,17,21H,9-10,16,18-20H2,1-7H3,(H,38,39)(H,42,45). The summed E-state index contributed by atoms with van der Waals surface area (Å²) in [6, 6.07) is 9.82. The molecule has 268 valence electrons. The highest BCUT2D eigenvalue weighted by Gasteiger charge is 2.48. The second kappa shape index (κ2) is 15.0. The number of halogens is 4. The Labute approximate surface area is 293 Å². The number of carbonyl (C=O) groups excluding carboxylic acids is 2. The molecule has 2 amide bonds. The summed E-state index contributed by atoms with van der Waals surface area (Å²) in [5.74, 6) is 0.779. The molecule has 1 saturated heterocycles. The van der Waals surface area contributed by atoms with Crippen molar-refractivity contribution in [3.05, 3.63) is 53.3 Å². The summed E-state index contributed by atoms with van der Waals surface area (Å²) in [5, 5.41) is 7.90. The number of amides is 2. The summed E-state index contributed by atoms with van der Waals surface area (Å²) in [6.45, 7) is 12.6. The number of ether oxygens (including phenoxy) is 2. The second-order valence-corrected chi connectivity index (χ2v) is 15.4. The van der Waals surface area contributed by atoms with E-state index in [0.29, 0.717) is 29.9 Å². The molecule has 11 nitrogen and oxygen atoms in total.